The van der Waals surface area contributed by atoms with Gasteiger partial charge in [0.15, 0.2) is 23.3 Å². The standard InChI is InChI=1S/C16H16ClF5O4/c1-6-9(7-5-8(17)10(18)11(19)12(7)24-3)13(14(23)25-4)26-15(6,2)16(20,21)22/h5-6,9,13H,1-4H3/t6?,9?,13-,15?/m1/s1. The molecule has 10 heteroatoms. The molecule has 0 aliphatic carbocycles. The Morgan fingerprint density at radius 3 is 2.31 bits per heavy atom. The summed E-state index contributed by atoms with van der Waals surface area (Å²) in [6.07, 6.45) is -6.54. The van der Waals surface area contributed by atoms with Crippen LogP contribution in [0.15, 0.2) is 6.07 Å². The lowest BCUT2D eigenvalue weighted by Crippen LogP contribution is -2.47. The van der Waals surface area contributed by atoms with Crippen LogP contribution in [0.3, 0.4) is 0 Å². The number of alkyl halides is 3. The lowest BCUT2D eigenvalue weighted by molar-refractivity contribution is -0.274. The predicted octanol–water partition coefficient (Wildman–Crippen LogP) is 4.24. The van der Waals surface area contributed by atoms with E-state index in [9.17, 15) is 26.7 Å². The summed E-state index contributed by atoms with van der Waals surface area (Å²) in [5.74, 6) is -7.30. The molecule has 1 aliphatic heterocycles. The minimum Gasteiger partial charge on any atom is -0.493 e. The number of hydrogen-bond acceptors (Lipinski definition) is 4. The summed E-state index contributed by atoms with van der Waals surface area (Å²) < 4.78 is 83.0. The molecule has 1 heterocycles. The first-order chi connectivity index (χ1) is 11.9. The van der Waals surface area contributed by atoms with Crippen molar-refractivity contribution in [2.24, 2.45) is 5.92 Å². The summed E-state index contributed by atoms with van der Waals surface area (Å²) in [7, 11) is 2.00. The Morgan fingerprint density at radius 2 is 1.85 bits per heavy atom. The maximum Gasteiger partial charge on any atom is 0.417 e. The molecule has 1 aliphatic rings. The summed E-state index contributed by atoms with van der Waals surface area (Å²) in [5.41, 5.74) is -2.94. The van der Waals surface area contributed by atoms with Crippen LogP contribution in [0.5, 0.6) is 5.75 Å². The summed E-state index contributed by atoms with van der Waals surface area (Å²) in [5, 5.41) is -0.658. The highest BCUT2D eigenvalue weighted by molar-refractivity contribution is 6.30. The quantitative estimate of drug-likeness (QED) is 0.431. The fraction of sp³-hybridized carbons (Fsp3) is 0.562. The maximum atomic E-state index is 14.2. The predicted molar refractivity (Wildman–Crippen MR) is 81.2 cm³/mol. The number of hydrogen-bond donors (Lipinski definition) is 0. The van der Waals surface area contributed by atoms with Crippen molar-refractivity contribution < 1.29 is 41.0 Å². The van der Waals surface area contributed by atoms with E-state index in [1.807, 2.05) is 0 Å². The van der Waals surface area contributed by atoms with E-state index >= 15 is 0 Å². The average molecular weight is 403 g/mol. The molecule has 1 saturated heterocycles. The summed E-state index contributed by atoms with van der Waals surface area (Å²) in [4.78, 5) is 12.0. The lowest BCUT2D eigenvalue weighted by atomic mass is 9.77. The van der Waals surface area contributed by atoms with Crippen LogP contribution in [0.4, 0.5) is 22.0 Å². The van der Waals surface area contributed by atoms with Crippen molar-refractivity contribution in [2.75, 3.05) is 14.2 Å². The number of methoxy groups -OCH3 is 2. The van der Waals surface area contributed by atoms with Crippen LogP contribution in [0.2, 0.25) is 5.02 Å². The molecule has 0 saturated carbocycles. The number of benzene rings is 1. The SMILES string of the molecule is COC(=O)[C@@H]1OC(C)(C(F)(F)F)C(C)C1c1cc(Cl)c(F)c(F)c1OC. The second-order valence-corrected chi connectivity index (χ2v) is 6.50. The fourth-order valence-corrected chi connectivity index (χ4v) is 3.37. The van der Waals surface area contributed by atoms with Gasteiger partial charge in [0, 0.05) is 17.4 Å². The third kappa shape index (κ3) is 3.00. The maximum absolute atomic E-state index is 14.2. The molecular weight excluding hydrogens is 387 g/mol. The van der Waals surface area contributed by atoms with Gasteiger partial charge in [-0.05, 0) is 13.0 Å². The molecule has 26 heavy (non-hydrogen) atoms. The molecule has 3 unspecified atom stereocenters. The van der Waals surface area contributed by atoms with Gasteiger partial charge in [-0.1, -0.05) is 18.5 Å². The van der Waals surface area contributed by atoms with Gasteiger partial charge in [0.25, 0.3) is 0 Å². The molecular formula is C16H16ClF5O4. The van der Waals surface area contributed by atoms with E-state index in [2.05, 4.69) is 4.74 Å². The van der Waals surface area contributed by atoms with Gasteiger partial charge in [-0.15, -0.1) is 0 Å². The first-order valence-corrected chi connectivity index (χ1v) is 7.82. The van der Waals surface area contributed by atoms with Gasteiger partial charge >= 0.3 is 12.1 Å². The Balaban J connectivity index is 2.71. The second kappa shape index (κ2) is 6.84. The van der Waals surface area contributed by atoms with Gasteiger partial charge < -0.3 is 14.2 Å². The van der Waals surface area contributed by atoms with Crippen LogP contribution in [0.25, 0.3) is 0 Å². The number of halogens is 6. The highest BCUT2D eigenvalue weighted by Gasteiger charge is 2.66. The largest absolute Gasteiger partial charge is 0.493 e. The molecule has 0 amide bonds. The zero-order valence-electron chi connectivity index (χ0n) is 14.2. The molecule has 4 nitrogen and oxygen atoms in total. The molecule has 0 spiro atoms. The van der Waals surface area contributed by atoms with Gasteiger partial charge in [-0.3, -0.25) is 0 Å². The van der Waals surface area contributed by atoms with Crippen LogP contribution in [0, 0.1) is 17.6 Å². The first-order valence-electron chi connectivity index (χ1n) is 7.44. The van der Waals surface area contributed by atoms with Crippen LogP contribution >= 0.6 is 11.6 Å². The van der Waals surface area contributed by atoms with Crippen LogP contribution in [-0.2, 0) is 14.3 Å². The molecule has 1 fully saturated rings. The number of esters is 1. The van der Waals surface area contributed by atoms with E-state index in [0.29, 0.717) is 0 Å². The first kappa shape index (κ1) is 20.7. The number of carbonyl (C=O) groups is 1. The minimum absolute atomic E-state index is 0.215. The molecule has 2 rings (SSSR count). The van der Waals surface area contributed by atoms with E-state index < -0.39 is 58.1 Å². The highest BCUT2D eigenvalue weighted by atomic mass is 35.5. The fourth-order valence-electron chi connectivity index (χ4n) is 3.17. The van der Waals surface area contributed by atoms with Crippen molar-refractivity contribution in [2.45, 2.75) is 37.6 Å². The normalized spacial score (nSPS) is 28.9. The smallest absolute Gasteiger partial charge is 0.417 e. The zero-order valence-corrected chi connectivity index (χ0v) is 15.0. The second-order valence-electron chi connectivity index (χ2n) is 6.09. The third-order valence-electron chi connectivity index (χ3n) is 4.81. The molecule has 0 radical (unpaired) electrons. The van der Waals surface area contributed by atoms with E-state index in [1.165, 1.54) is 6.92 Å². The monoisotopic (exact) mass is 402 g/mol. The van der Waals surface area contributed by atoms with Crippen LogP contribution in [-0.4, -0.2) is 38.1 Å². The average Bonchev–Trinajstić information content (AvgIpc) is 2.84. The van der Waals surface area contributed by atoms with E-state index in [0.717, 1.165) is 27.2 Å². The molecule has 4 atom stereocenters. The Hall–Kier alpha value is -1.61. The van der Waals surface area contributed by atoms with Gasteiger partial charge in [0.1, 0.15) is 0 Å². The van der Waals surface area contributed by atoms with E-state index in [4.69, 9.17) is 21.1 Å². The number of ether oxygens (including phenoxy) is 3. The van der Waals surface area contributed by atoms with Crippen molar-refractivity contribution in [3.63, 3.8) is 0 Å². The molecule has 146 valence electrons. The summed E-state index contributed by atoms with van der Waals surface area (Å²) in [6, 6.07) is 0.932. The van der Waals surface area contributed by atoms with Crippen molar-refractivity contribution in [3.05, 3.63) is 28.3 Å². The Bertz CT molecular complexity index is 724. The molecule has 1 aromatic carbocycles. The van der Waals surface area contributed by atoms with Crippen molar-refractivity contribution in [1.29, 1.82) is 0 Å². The van der Waals surface area contributed by atoms with Crippen LogP contribution < -0.4 is 4.74 Å². The highest BCUT2D eigenvalue weighted by Crippen LogP contribution is 2.55. The van der Waals surface area contributed by atoms with Crippen molar-refractivity contribution in [3.8, 4) is 5.75 Å². The minimum atomic E-state index is -4.83. The Kier molecular flexibility index (Phi) is 5.45. The third-order valence-corrected chi connectivity index (χ3v) is 5.09. The summed E-state index contributed by atoms with van der Waals surface area (Å²) >= 11 is 5.65. The van der Waals surface area contributed by atoms with Gasteiger partial charge in [-0.2, -0.15) is 17.6 Å². The van der Waals surface area contributed by atoms with Gasteiger partial charge in [0.05, 0.1) is 19.2 Å². The van der Waals surface area contributed by atoms with Crippen LogP contribution in [0.1, 0.15) is 25.3 Å². The Morgan fingerprint density at radius 1 is 1.27 bits per heavy atom. The number of carbonyl (C=O) groups excluding carboxylic acids is 1. The molecule has 1 aromatic rings. The summed E-state index contributed by atoms with van der Waals surface area (Å²) in [6.45, 7) is 1.97. The van der Waals surface area contributed by atoms with Crippen molar-refractivity contribution >= 4 is 17.6 Å². The lowest BCUT2D eigenvalue weighted by Gasteiger charge is -2.32. The molecule has 0 bridgehead atoms. The van der Waals surface area contributed by atoms with Gasteiger partial charge in [-0.25, -0.2) is 9.18 Å². The van der Waals surface area contributed by atoms with Gasteiger partial charge in [0.2, 0.25) is 5.82 Å². The molecule has 0 N–H and O–H groups in total. The number of rotatable bonds is 3. The topological polar surface area (TPSA) is 44.8 Å². The van der Waals surface area contributed by atoms with E-state index in [1.54, 1.807) is 0 Å². The van der Waals surface area contributed by atoms with Crippen molar-refractivity contribution in [1.82, 2.24) is 0 Å². The Labute approximate surface area is 151 Å². The zero-order chi connectivity index (χ0) is 20.0. The molecule has 0 aromatic heterocycles. The van der Waals surface area contributed by atoms with E-state index in [-0.39, 0.29) is 5.56 Å².